The fraction of sp³-hybridized carbons (Fsp3) is 0.364. The summed E-state index contributed by atoms with van der Waals surface area (Å²) in [6, 6.07) is 7.25. The maximum absolute atomic E-state index is 11.4. The number of hydrogen-bond donors (Lipinski definition) is 1. The van der Waals surface area contributed by atoms with Crippen molar-refractivity contribution < 1.29 is 14.3 Å². The Hall–Kier alpha value is -1.55. The summed E-state index contributed by atoms with van der Waals surface area (Å²) in [4.78, 5) is 11.4. The average Bonchev–Trinajstić information content (AvgIpc) is 2.30. The number of nitrogens with two attached hydrogens (primary N) is 1. The Bertz CT molecular complexity index is 338. The zero-order chi connectivity index (χ0) is 11.3. The van der Waals surface area contributed by atoms with Gasteiger partial charge >= 0.3 is 5.97 Å². The highest BCUT2D eigenvalue weighted by Crippen LogP contribution is 2.21. The van der Waals surface area contributed by atoms with Crippen molar-refractivity contribution in [3.63, 3.8) is 0 Å². The standard InChI is InChI=1S/C11H15NO3/c1-14-9-5-3-4-8(6-9)10(7-12)11(13)15-2/h3-6,10H,7,12H2,1-2H3. The Balaban J connectivity index is 2.96. The van der Waals surface area contributed by atoms with Crippen molar-refractivity contribution >= 4 is 5.97 Å². The molecule has 0 saturated carbocycles. The normalized spacial score (nSPS) is 11.9. The zero-order valence-electron chi connectivity index (χ0n) is 8.90. The van der Waals surface area contributed by atoms with Crippen LogP contribution in [0.25, 0.3) is 0 Å². The number of benzene rings is 1. The molecule has 0 heterocycles. The van der Waals surface area contributed by atoms with E-state index in [0.717, 1.165) is 5.56 Å². The second kappa shape index (κ2) is 5.36. The Morgan fingerprint density at radius 3 is 2.73 bits per heavy atom. The van der Waals surface area contributed by atoms with Gasteiger partial charge in [0.15, 0.2) is 0 Å². The first-order chi connectivity index (χ1) is 7.22. The number of methoxy groups -OCH3 is 2. The van der Waals surface area contributed by atoms with Crippen molar-refractivity contribution in [3.8, 4) is 5.75 Å². The van der Waals surface area contributed by atoms with Crippen molar-refractivity contribution in [2.24, 2.45) is 5.73 Å². The summed E-state index contributed by atoms with van der Waals surface area (Å²) < 4.78 is 9.74. The van der Waals surface area contributed by atoms with E-state index in [1.165, 1.54) is 7.11 Å². The molecule has 82 valence electrons. The van der Waals surface area contributed by atoms with Gasteiger partial charge in [0.25, 0.3) is 0 Å². The van der Waals surface area contributed by atoms with Gasteiger partial charge < -0.3 is 15.2 Å². The van der Waals surface area contributed by atoms with Crippen LogP contribution in [0.1, 0.15) is 11.5 Å². The number of carbonyl (C=O) groups is 1. The van der Waals surface area contributed by atoms with Gasteiger partial charge in [0.1, 0.15) is 5.75 Å². The van der Waals surface area contributed by atoms with Crippen LogP contribution in [-0.2, 0) is 9.53 Å². The second-order valence-corrected chi connectivity index (χ2v) is 3.09. The van der Waals surface area contributed by atoms with Gasteiger partial charge in [-0.2, -0.15) is 0 Å². The van der Waals surface area contributed by atoms with Gasteiger partial charge in [-0.15, -0.1) is 0 Å². The Morgan fingerprint density at radius 1 is 1.47 bits per heavy atom. The fourth-order valence-electron chi connectivity index (χ4n) is 1.37. The van der Waals surface area contributed by atoms with Crippen LogP contribution < -0.4 is 10.5 Å². The Morgan fingerprint density at radius 2 is 2.20 bits per heavy atom. The molecule has 0 radical (unpaired) electrons. The highest BCUT2D eigenvalue weighted by atomic mass is 16.5. The Kier molecular flexibility index (Phi) is 4.12. The lowest BCUT2D eigenvalue weighted by Crippen LogP contribution is -2.22. The topological polar surface area (TPSA) is 61.5 Å². The van der Waals surface area contributed by atoms with Crippen LogP contribution in [-0.4, -0.2) is 26.7 Å². The minimum atomic E-state index is -0.426. The van der Waals surface area contributed by atoms with E-state index in [9.17, 15) is 4.79 Å². The van der Waals surface area contributed by atoms with Crippen molar-refractivity contribution in [1.29, 1.82) is 0 Å². The molecule has 2 N–H and O–H groups in total. The van der Waals surface area contributed by atoms with Crippen LogP contribution in [0.15, 0.2) is 24.3 Å². The lowest BCUT2D eigenvalue weighted by Gasteiger charge is -2.13. The summed E-state index contributed by atoms with van der Waals surface area (Å²) in [5.74, 6) is -0.0503. The molecule has 1 unspecified atom stereocenters. The van der Waals surface area contributed by atoms with E-state index in [1.807, 2.05) is 18.2 Å². The van der Waals surface area contributed by atoms with Gasteiger partial charge in [0.05, 0.1) is 20.1 Å². The molecule has 0 aromatic heterocycles. The lowest BCUT2D eigenvalue weighted by atomic mass is 9.99. The summed E-state index contributed by atoms with van der Waals surface area (Å²) in [7, 11) is 2.93. The Labute approximate surface area is 89.0 Å². The van der Waals surface area contributed by atoms with Crippen molar-refractivity contribution in [2.75, 3.05) is 20.8 Å². The lowest BCUT2D eigenvalue weighted by molar-refractivity contribution is -0.142. The van der Waals surface area contributed by atoms with Gasteiger partial charge in [-0.05, 0) is 17.7 Å². The third-order valence-corrected chi connectivity index (χ3v) is 2.22. The third kappa shape index (κ3) is 2.70. The molecular formula is C11H15NO3. The maximum atomic E-state index is 11.4. The summed E-state index contributed by atoms with van der Waals surface area (Å²) in [6.07, 6.45) is 0. The smallest absolute Gasteiger partial charge is 0.314 e. The predicted octanol–water partition coefficient (Wildman–Crippen LogP) is 0.910. The van der Waals surface area contributed by atoms with E-state index in [0.29, 0.717) is 5.75 Å². The molecule has 4 nitrogen and oxygen atoms in total. The summed E-state index contributed by atoms with van der Waals surface area (Å²) >= 11 is 0. The minimum absolute atomic E-state index is 0.222. The maximum Gasteiger partial charge on any atom is 0.314 e. The molecule has 0 aliphatic heterocycles. The van der Waals surface area contributed by atoms with E-state index in [1.54, 1.807) is 13.2 Å². The second-order valence-electron chi connectivity index (χ2n) is 3.09. The van der Waals surface area contributed by atoms with Crippen LogP contribution in [0.2, 0.25) is 0 Å². The zero-order valence-corrected chi connectivity index (χ0v) is 8.90. The minimum Gasteiger partial charge on any atom is -0.497 e. The van der Waals surface area contributed by atoms with E-state index < -0.39 is 5.92 Å². The molecule has 1 aromatic carbocycles. The van der Waals surface area contributed by atoms with Crippen LogP contribution in [0.4, 0.5) is 0 Å². The molecule has 15 heavy (non-hydrogen) atoms. The van der Waals surface area contributed by atoms with E-state index >= 15 is 0 Å². The highest BCUT2D eigenvalue weighted by Gasteiger charge is 2.19. The van der Waals surface area contributed by atoms with Crippen LogP contribution in [0, 0.1) is 0 Å². The van der Waals surface area contributed by atoms with Crippen molar-refractivity contribution in [2.45, 2.75) is 5.92 Å². The molecule has 1 aromatic rings. The van der Waals surface area contributed by atoms with Crippen molar-refractivity contribution in [3.05, 3.63) is 29.8 Å². The molecular weight excluding hydrogens is 194 g/mol. The molecule has 4 heteroatoms. The summed E-state index contributed by atoms with van der Waals surface area (Å²) in [5, 5.41) is 0. The van der Waals surface area contributed by atoms with Gasteiger partial charge in [0.2, 0.25) is 0 Å². The van der Waals surface area contributed by atoms with Gasteiger partial charge in [-0.1, -0.05) is 12.1 Å². The average molecular weight is 209 g/mol. The molecule has 1 atom stereocenters. The van der Waals surface area contributed by atoms with Crippen LogP contribution in [0.5, 0.6) is 5.75 Å². The first-order valence-corrected chi connectivity index (χ1v) is 4.64. The van der Waals surface area contributed by atoms with E-state index in [4.69, 9.17) is 10.5 Å². The molecule has 0 spiro atoms. The number of carbonyl (C=O) groups excluding carboxylic acids is 1. The monoisotopic (exact) mass is 209 g/mol. The number of esters is 1. The molecule has 0 aliphatic carbocycles. The van der Waals surface area contributed by atoms with Crippen LogP contribution >= 0.6 is 0 Å². The van der Waals surface area contributed by atoms with Crippen molar-refractivity contribution in [1.82, 2.24) is 0 Å². The van der Waals surface area contributed by atoms with E-state index in [-0.39, 0.29) is 12.5 Å². The van der Waals surface area contributed by atoms with Gasteiger partial charge in [-0.3, -0.25) is 4.79 Å². The third-order valence-electron chi connectivity index (χ3n) is 2.22. The summed E-state index contributed by atoms with van der Waals surface area (Å²) in [6.45, 7) is 0.222. The molecule has 1 rings (SSSR count). The molecule has 0 bridgehead atoms. The molecule has 0 saturated heterocycles. The first-order valence-electron chi connectivity index (χ1n) is 4.64. The highest BCUT2D eigenvalue weighted by molar-refractivity contribution is 5.78. The largest absolute Gasteiger partial charge is 0.497 e. The van der Waals surface area contributed by atoms with E-state index in [2.05, 4.69) is 4.74 Å². The quantitative estimate of drug-likeness (QED) is 0.749. The van der Waals surface area contributed by atoms with Gasteiger partial charge in [0, 0.05) is 6.54 Å². The molecule has 0 amide bonds. The first kappa shape index (κ1) is 11.5. The molecule has 0 fully saturated rings. The number of hydrogen-bond acceptors (Lipinski definition) is 4. The SMILES string of the molecule is COC(=O)C(CN)c1cccc(OC)c1. The van der Waals surface area contributed by atoms with Gasteiger partial charge in [-0.25, -0.2) is 0 Å². The van der Waals surface area contributed by atoms with Crippen LogP contribution in [0.3, 0.4) is 0 Å². The molecule has 0 aliphatic rings. The predicted molar refractivity (Wildman–Crippen MR) is 56.8 cm³/mol. The fourth-order valence-corrected chi connectivity index (χ4v) is 1.37. The number of ether oxygens (including phenoxy) is 2. The summed E-state index contributed by atoms with van der Waals surface area (Å²) in [5.41, 5.74) is 6.34. The number of rotatable bonds is 4.